The van der Waals surface area contributed by atoms with Crippen LogP contribution in [0.3, 0.4) is 0 Å². The number of methoxy groups -OCH3 is 1. The van der Waals surface area contributed by atoms with Crippen molar-refractivity contribution in [1.82, 2.24) is 14.9 Å². The first-order valence-corrected chi connectivity index (χ1v) is 7.95. The number of aromatic nitrogens is 2. The molecule has 0 saturated carbocycles. The molecule has 2 heterocycles. The number of nitrogens with zero attached hydrogens (tertiary/aromatic N) is 3. The predicted octanol–water partition coefficient (Wildman–Crippen LogP) is 3.19. The molecule has 0 amide bonds. The number of hydrogen-bond donors (Lipinski definition) is 1. The van der Waals surface area contributed by atoms with E-state index in [0.29, 0.717) is 23.8 Å². The lowest BCUT2D eigenvalue weighted by Gasteiger charge is -2.18. The van der Waals surface area contributed by atoms with Crippen LogP contribution in [0.5, 0.6) is 5.88 Å². The molecule has 0 aliphatic carbocycles. The quantitative estimate of drug-likeness (QED) is 0.896. The van der Waals surface area contributed by atoms with E-state index in [0.717, 1.165) is 25.6 Å². The minimum Gasteiger partial charge on any atom is -0.481 e. The second kappa shape index (κ2) is 7.26. The molecule has 1 aromatic heterocycles. The molecule has 25 heavy (non-hydrogen) atoms. The highest BCUT2D eigenvalue weighted by Crippen LogP contribution is 2.30. The Balaban J connectivity index is 1.58. The monoisotopic (exact) mass is 352 g/mol. The molecule has 1 fully saturated rings. The van der Waals surface area contributed by atoms with Gasteiger partial charge in [-0.2, -0.15) is 13.2 Å². The predicted molar refractivity (Wildman–Crippen MR) is 87.3 cm³/mol. The fourth-order valence-electron chi connectivity index (χ4n) is 2.94. The van der Waals surface area contributed by atoms with Crippen LogP contribution in [0.4, 0.5) is 19.0 Å². The van der Waals surface area contributed by atoms with Crippen molar-refractivity contribution in [2.75, 3.05) is 25.5 Å². The highest BCUT2D eigenvalue weighted by molar-refractivity contribution is 5.38. The molecule has 1 N–H and O–H groups in total. The van der Waals surface area contributed by atoms with E-state index in [1.807, 2.05) is 0 Å². The van der Waals surface area contributed by atoms with Crippen molar-refractivity contribution in [2.24, 2.45) is 0 Å². The molecule has 0 radical (unpaired) electrons. The zero-order chi connectivity index (χ0) is 17.9. The van der Waals surface area contributed by atoms with Crippen LogP contribution in [0.1, 0.15) is 17.5 Å². The molecule has 2 aromatic rings. The van der Waals surface area contributed by atoms with Crippen molar-refractivity contribution in [3.8, 4) is 5.88 Å². The fraction of sp³-hybridized carbons (Fsp3) is 0.412. The van der Waals surface area contributed by atoms with Gasteiger partial charge in [-0.15, -0.1) is 0 Å². The van der Waals surface area contributed by atoms with E-state index in [9.17, 15) is 13.2 Å². The summed E-state index contributed by atoms with van der Waals surface area (Å²) in [6.45, 7) is 2.05. The average Bonchev–Trinajstić information content (AvgIpc) is 3.01. The van der Waals surface area contributed by atoms with Crippen molar-refractivity contribution in [2.45, 2.75) is 25.2 Å². The molecule has 1 aliphatic heterocycles. The van der Waals surface area contributed by atoms with Gasteiger partial charge in [-0.05, 0) is 18.1 Å². The highest BCUT2D eigenvalue weighted by atomic mass is 19.4. The highest BCUT2D eigenvalue weighted by Gasteiger charge is 2.30. The zero-order valence-corrected chi connectivity index (χ0v) is 13.8. The van der Waals surface area contributed by atoms with E-state index >= 15 is 0 Å². The Bertz CT molecular complexity index is 723. The molecular weight excluding hydrogens is 333 g/mol. The third-order valence-electron chi connectivity index (χ3n) is 4.14. The minimum atomic E-state index is -4.31. The number of ether oxygens (including phenoxy) is 1. The molecule has 8 heteroatoms. The lowest BCUT2D eigenvalue weighted by atomic mass is 10.1. The molecule has 3 rings (SSSR count). The Morgan fingerprint density at radius 2 is 2.12 bits per heavy atom. The first-order chi connectivity index (χ1) is 11.9. The molecule has 134 valence electrons. The first-order valence-electron chi connectivity index (χ1n) is 7.95. The molecule has 0 bridgehead atoms. The summed E-state index contributed by atoms with van der Waals surface area (Å²) in [5.74, 6) is 1.16. The van der Waals surface area contributed by atoms with Gasteiger partial charge in [0.1, 0.15) is 12.1 Å². The second-order valence-corrected chi connectivity index (χ2v) is 6.01. The van der Waals surface area contributed by atoms with E-state index in [1.165, 1.54) is 18.5 Å². The number of likely N-dealkylation sites (tertiary alicyclic amines) is 1. The standard InChI is InChI=1S/C17H19F3N4O/c1-25-16-8-15(21-11-22-16)23-14-5-6-24(10-14)9-12-3-2-4-13(7-12)17(18,19)20/h2-4,7-8,11,14H,5-6,9-10H2,1H3,(H,21,22,23). The number of rotatable bonds is 5. The summed E-state index contributed by atoms with van der Waals surface area (Å²) in [5, 5.41) is 3.31. The van der Waals surface area contributed by atoms with Crippen molar-refractivity contribution in [1.29, 1.82) is 0 Å². The Morgan fingerprint density at radius 3 is 2.88 bits per heavy atom. The summed E-state index contributed by atoms with van der Waals surface area (Å²) < 4.78 is 43.5. The normalized spacial score (nSPS) is 18.3. The average molecular weight is 352 g/mol. The molecular formula is C17H19F3N4O. The maximum Gasteiger partial charge on any atom is 0.416 e. The Kier molecular flexibility index (Phi) is 5.08. The van der Waals surface area contributed by atoms with Gasteiger partial charge in [0.15, 0.2) is 0 Å². The summed E-state index contributed by atoms with van der Waals surface area (Å²) in [5.41, 5.74) is 0.0612. The topological polar surface area (TPSA) is 50.3 Å². The molecule has 1 aliphatic rings. The lowest BCUT2D eigenvalue weighted by molar-refractivity contribution is -0.137. The molecule has 5 nitrogen and oxygen atoms in total. The van der Waals surface area contributed by atoms with E-state index < -0.39 is 11.7 Å². The Hall–Kier alpha value is -2.35. The van der Waals surface area contributed by atoms with Gasteiger partial charge in [-0.25, -0.2) is 9.97 Å². The third kappa shape index (κ3) is 4.60. The van der Waals surface area contributed by atoms with E-state index in [-0.39, 0.29) is 6.04 Å². The van der Waals surface area contributed by atoms with Crippen molar-refractivity contribution in [3.05, 3.63) is 47.8 Å². The SMILES string of the molecule is COc1cc(NC2CCN(Cc3cccc(C(F)(F)F)c3)C2)ncn1. The second-order valence-electron chi connectivity index (χ2n) is 6.01. The number of anilines is 1. The van der Waals surface area contributed by atoms with Gasteiger partial charge in [-0.1, -0.05) is 18.2 Å². The van der Waals surface area contributed by atoms with Crippen LogP contribution >= 0.6 is 0 Å². The van der Waals surface area contributed by atoms with E-state index in [1.54, 1.807) is 19.2 Å². The summed E-state index contributed by atoms with van der Waals surface area (Å²) in [6.07, 6.45) is -1.99. The number of halogens is 3. The van der Waals surface area contributed by atoms with Gasteiger partial charge in [-0.3, -0.25) is 4.90 Å². The number of benzene rings is 1. The van der Waals surface area contributed by atoms with Gasteiger partial charge < -0.3 is 10.1 Å². The van der Waals surface area contributed by atoms with Crippen LogP contribution in [0.2, 0.25) is 0 Å². The Labute approximate surface area is 143 Å². The van der Waals surface area contributed by atoms with Gasteiger partial charge in [0, 0.05) is 31.7 Å². The van der Waals surface area contributed by atoms with Crippen LogP contribution < -0.4 is 10.1 Å². The summed E-state index contributed by atoms with van der Waals surface area (Å²) >= 11 is 0. The van der Waals surface area contributed by atoms with Crippen LogP contribution in [-0.4, -0.2) is 41.1 Å². The number of alkyl halides is 3. The maximum absolute atomic E-state index is 12.8. The first kappa shape index (κ1) is 17.5. The largest absolute Gasteiger partial charge is 0.481 e. The van der Waals surface area contributed by atoms with Crippen LogP contribution in [-0.2, 0) is 12.7 Å². The minimum absolute atomic E-state index is 0.186. The maximum atomic E-state index is 12.8. The smallest absolute Gasteiger partial charge is 0.416 e. The number of nitrogens with one attached hydrogen (secondary N) is 1. The molecule has 1 unspecified atom stereocenters. The summed E-state index contributed by atoms with van der Waals surface area (Å²) in [7, 11) is 1.54. The third-order valence-corrected chi connectivity index (χ3v) is 4.14. The fourth-order valence-corrected chi connectivity index (χ4v) is 2.94. The van der Waals surface area contributed by atoms with Gasteiger partial charge in [0.25, 0.3) is 0 Å². The van der Waals surface area contributed by atoms with Crippen molar-refractivity contribution >= 4 is 5.82 Å². The van der Waals surface area contributed by atoms with Crippen molar-refractivity contribution in [3.63, 3.8) is 0 Å². The van der Waals surface area contributed by atoms with Crippen LogP contribution in [0.15, 0.2) is 36.7 Å². The molecule has 1 aromatic carbocycles. The lowest BCUT2D eigenvalue weighted by Crippen LogP contribution is -2.26. The van der Waals surface area contributed by atoms with Crippen LogP contribution in [0, 0.1) is 0 Å². The molecule has 1 atom stereocenters. The van der Waals surface area contributed by atoms with E-state index in [4.69, 9.17) is 4.74 Å². The summed E-state index contributed by atoms with van der Waals surface area (Å²) in [6, 6.07) is 7.40. The van der Waals surface area contributed by atoms with E-state index in [2.05, 4.69) is 20.2 Å². The Morgan fingerprint density at radius 1 is 1.28 bits per heavy atom. The number of hydrogen-bond acceptors (Lipinski definition) is 5. The zero-order valence-electron chi connectivity index (χ0n) is 13.8. The van der Waals surface area contributed by atoms with Crippen molar-refractivity contribution < 1.29 is 17.9 Å². The van der Waals surface area contributed by atoms with Gasteiger partial charge >= 0.3 is 6.18 Å². The van der Waals surface area contributed by atoms with Gasteiger partial charge in [0.05, 0.1) is 12.7 Å². The van der Waals surface area contributed by atoms with Crippen LogP contribution in [0.25, 0.3) is 0 Å². The molecule has 0 spiro atoms. The summed E-state index contributed by atoms with van der Waals surface area (Å²) in [4.78, 5) is 10.2. The van der Waals surface area contributed by atoms with Gasteiger partial charge in [0.2, 0.25) is 5.88 Å². The molecule has 1 saturated heterocycles.